The number of carbonyl (C=O) groups is 1. The maximum atomic E-state index is 12.5. The van der Waals surface area contributed by atoms with Crippen LogP contribution in [0.3, 0.4) is 0 Å². The number of benzene rings is 2. The van der Waals surface area contributed by atoms with Crippen molar-refractivity contribution in [2.45, 2.75) is 18.6 Å². The van der Waals surface area contributed by atoms with Gasteiger partial charge in [-0.2, -0.15) is 0 Å². The molecule has 0 saturated carbocycles. The van der Waals surface area contributed by atoms with E-state index in [1.54, 1.807) is 32.2 Å². The molecule has 31 heavy (non-hydrogen) atoms. The van der Waals surface area contributed by atoms with Crippen LogP contribution >= 0.6 is 23.4 Å². The van der Waals surface area contributed by atoms with Crippen LogP contribution in [0.4, 0.5) is 11.4 Å². The Morgan fingerprint density at radius 1 is 1.32 bits per heavy atom. The number of rotatable bonds is 10. The Morgan fingerprint density at radius 2 is 2.13 bits per heavy atom. The molecule has 0 aliphatic heterocycles. The first-order valence-corrected chi connectivity index (χ1v) is 10.8. The standard InChI is InChI=1S/C20H21ClN4O5S/c1-3-30-14-5-6-15(18(11-14)25(27)28)22-19(26)12-31-20-23-16-10-13(21)4-7-17(16)24(20)8-9-29-2/h4-7,10-11H,3,8-9,12H2,1-2H3,(H,22,26). The summed E-state index contributed by atoms with van der Waals surface area (Å²) in [5.41, 5.74) is 1.48. The van der Waals surface area contributed by atoms with E-state index in [1.165, 1.54) is 23.9 Å². The lowest BCUT2D eigenvalue weighted by Gasteiger charge is -2.10. The molecule has 0 unspecified atom stereocenters. The molecular formula is C20H21ClN4O5S. The number of nitro groups is 1. The van der Waals surface area contributed by atoms with Gasteiger partial charge in [0, 0.05) is 18.7 Å². The summed E-state index contributed by atoms with van der Waals surface area (Å²) in [5, 5.41) is 15.2. The zero-order valence-electron chi connectivity index (χ0n) is 17.0. The highest BCUT2D eigenvalue weighted by Crippen LogP contribution is 2.30. The molecule has 0 atom stereocenters. The van der Waals surface area contributed by atoms with Gasteiger partial charge in [-0.3, -0.25) is 14.9 Å². The van der Waals surface area contributed by atoms with Gasteiger partial charge in [-0.25, -0.2) is 4.98 Å². The van der Waals surface area contributed by atoms with Crippen molar-refractivity contribution in [1.82, 2.24) is 9.55 Å². The number of imidazole rings is 1. The number of methoxy groups -OCH3 is 1. The lowest BCUT2D eigenvalue weighted by molar-refractivity contribution is -0.384. The summed E-state index contributed by atoms with van der Waals surface area (Å²) < 4.78 is 12.4. The van der Waals surface area contributed by atoms with Gasteiger partial charge in [0.05, 0.1) is 41.0 Å². The predicted octanol–water partition coefficient (Wildman–Crippen LogP) is 4.37. The van der Waals surface area contributed by atoms with Crippen molar-refractivity contribution in [2.75, 3.05) is 31.4 Å². The van der Waals surface area contributed by atoms with Crippen LogP contribution in [-0.4, -0.2) is 46.5 Å². The molecule has 1 heterocycles. The van der Waals surface area contributed by atoms with Crippen molar-refractivity contribution in [3.8, 4) is 5.75 Å². The van der Waals surface area contributed by atoms with Crippen molar-refractivity contribution in [1.29, 1.82) is 0 Å². The number of carbonyl (C=O) groups excluding carboxylic acids is 1. The number of thioether (sulfide) groups is 1. The Balaban J connectivity index is 1.75. The third-order valence-electron chi connectivity index (χ3n) is 4.28. The van der Waals surface area contributed by atoms with E-state index < -0.39 is 4.92 Å². The second-order valence-corrected chi connectivity index (χ2v) is 7.76. The number of nitro benzene ring substituents is 1. The summed E-state index contributed by atoms with van der Waals surface area (Å²) >= 11 is 7.29. The molecule has 1 aromatic heterocycles. The number of halogens is 1. The highest BCUT2D eigenvalue weighted by Gasteiger charge is 2.19. The maximum absolute atomic E-state index is 12.5. The highest BCUT2D eigenvalue weighted by molar-refractivity contribution is 7.99. The fourth-order valence-electron chi connectivity index (χ4n) is 2.93. The van der Waals surface area contributed by atoms with Gasteiger partial charge in [0.2, 0.25) is 5.91 Å². The minimum absolute atomic E-state index is 0.0222. The number of nitrogens with one attached hydrogen (secondary N) is 1. The Kier molecular flexibility index (Phi) is 7.72. The summed E-state index contributed by atoms with van der Waals surface area (Å²) in [7, 11) is 1.61. The quantitative estimate of drug-likeness (QED) is 0.269. The predicted molar refractivity (Wildman–Crippen MR) is 120 cm³/mol. The van der Waals surface area contributed by atoms with Crippen molar-refractivity contribution in [3.05, 3.63) is 51.5 Å². The van der Waals surface area contributed by atoms with Crippen LogP contribution in [0.25, 0.3) is 11.0 Å². The van der Waals surface area contributed by atoms with Crippen LogP contribution in [-0.2, 0) is 16.1 Å². The third-order valence-corrected chi connectivity index (χ3v) is 5.49. The highest BCUT2D eigenvalue weighted by atomic mass is 35.5. The van der Waals surface area contributed by atoms with E-state index in [0.717, 1.165) is 5.52 Å². The minimum atomic E-state index is -0.556. The Labute approximate surface area is 187 Å². The van der Waals surface area contributed by atoms with E-state index >= 15 is 0 Å². The molecule has 0 saturated heterocycles. The fourth-order valence-corrected chi connectivity index (χ4v) is 3.94. The molecule has 9 nitrogen and oxygen atoms in total. The number of aromatic nitrogens is 2. The molecule has 1 amide bonds. The van der Waals surface area contributed by atoms with Crippen molar-refractivity contribution in [3.63, 3.8) is 0 Å². The first-order valence-electron chi connectivity index (χ1n) is 9.41. The van der Waals surface area contributed by atoms with Crippen molar-refractivity contribution >= 4 is 51.7 Å². The number of hydrogen-bond acceptors (Lipinski definition) is 7. The number of nitrogens with zero attached hydrogens (tertiary/aromatic N) is 3. The van der Waals surface area contributed by atoms with E-state index in [4.69, 9.17) is 21.1 Å². The van der Waals surface area contributed by atoms with E-state index in [9.17, 15) is 14.9 Å². The molecule has 2 aromatic carbocycles. The van der Waals surface area contributed by atoms with Crippen molar-refractivity contribution in [2.24, 2.45) is 0 Å². The largest absolute Gasteiger partial charge is 0.494 e. The number of anilines is 1. The van der Waals surface area contributed by atoms with Crippen LogP contribution in [0, 0.1) is 10.1 Å². The van der Waals surface area contributed by atoms with Gasteiger partial charge in [-0.05, 0) is 37.3 Å². The SMILES string of the molecule is CCOc1ccc(NC(=O)CSc2nc3cc(Cl)ccc3n2CCOC)c([N+](=O)[O-])c1. The van der Waals surface area contributed by atoms with E-state index in [2.05, 4.69) is 10.3 Å². The topological polar surface area (TPSA) is 109 Å². The summed E-state index contributed by atoms with van der Waals surface area (Å²) in [6.45, 7) is 3.20. The smallest absolute Gasteiger partial charge is 0.296 e. The first kappa shape index (κ1) is 22.9. The monoisotopic (exact) mass is 464 g/mol. The number of fused-ring (bicyclic) bond motifs is 1. The fraction of sp³-hybridized carbons (Fsp3) is 0.300. The molecule has 1 N–H and O–H groups in total. The van der Waals surface area contributed by atoms with Gasteiger partial charge < -0.3 is 19.4 Å². The minimum Gasteiger partial charge on any atom is -0.494 e. The number of ether oxygens (including phenoxy) is 2. The van der Waals surface area contributed by atoms with Crippen LogP contribution < -0.4 is 10.1 Å². The van der Waals surface area contributed by atoms with Crippen LogP contribution in [0.5, 0.6) is 5.75 Å². The maximum Gasteiger partial charge on any atom is 0.296 e. The normalized spacial score (nSPS) is 10.9. The van der Waals surface area contributed by atoms with Gasteiger partial charge >= 0.3 is 0 Å². The zero-order valence-corrected chi connectivity index (χ0v) is 18.5. The van der Waals surface area contributed by atoms with Gasteiger partial charge in [-0.1, -0.05) is 23.4 Å². The molecule has 0 aliphatic rings. The first-order chi connectivity index (χ1) is 14.9. The Hall–Kier alpha value is -2.82. The molecule has 3 rings (SSSR count). The average molecular weight is 465 g/mol. The van der Waals surface area contributed by atoms with Gasteiger partial charge in [0.15, 0.2) is 5.16 Å². The molecule has 11 heteroatoms. The van der Waals surface area contributed by atoms with E-state index in [-0.39, 0.29) is 23.0 Å². The average Bonchev–Trinajstić information content (AvgIpc) is 3.08. The number of amides is 1. The lowest BCUT2D eigenvalue weighted by atomic mass is 10.2. The number of hydrogen-bond donors (Lipinski definition) is 1. The van der Waals surface area contributed by atoms with Crippen molar-refractivity contribution < 1.29 is 19.2 Å². The molecular weight excluding hydrogens is 444 g/mol. The summed E-state index contributed by atoms with van der Waals surface area (Å²) in [6.07, 6.45) is 0. The molecule has 0 bridgehead atoms. The second kappa shape index (κ2) is 10.5. The summed E-state index contributed by atoms with van der Waals surface area (Å²) in [5.74, 6) is 0.00161. The zero-order chi connectivity index (χ0) is 22.4. The Morgan fingerprint density at radius 3 is 2.84 bits per heavy atom. The van der Waals surface area contributed by atoms with E-state index in [1.807, 2.05) is 10.6 Å². The van der Waals surface area contributed by atoms with E-state index in [0.29, 0.717) is 41.2 Å². The summed E-state index contributed by atoms with van der Waals surface area (Å²) in [4.78, 5) is 27.9. The van der Waals surface area contributed by atoms with Gasteiger partial charge in [-0.15, -0.1) is 0 Å². The molecule has 0 aliphatic carbocycles. The third kappa shape index (κ3) is 5.66. The summed E-state index contributed by atoms with van der Waals surface area (Å²) in [6, 6.07) is 9.73. The molecule has 3 aromatic rings. The molecule has 0 fully saturated rings. The van der Waals surface area contributed by atoms with Gasteiger partial charge in [0.1, 0.15) is 11.4 Å². The van der Waals surface area contributed by atoms with Crippen LogP contribution in [0.1, 0.15) is 6.92 Å². The molecule has 0 radical (unpaired) electrons. The Bertz CT molecular complexity index is 1100. The van der Waals surface area contributed by atoms with Crippen LogP contribution in [0.2, 0.25) is 5.02 Å². The lowest BCUT2D eigenvalue weighted by Crippen LogP contribution is -2.16. The molecule has 0 spiro atoms. The second-order valence-electron chi connectivity index (χ2n) is 6.38. The van der Waals surface area contributed by atoms with Gasteiger partial charge in [0.25, 0.3) is 5.69 Å². The van der Waals surface area contributed by atoms with Crippen LogP contribution in [0.15, 0.2) is 41.6 Å². The molecule has 164 valence electrons.